The molecule has 6 nitrogen and oxygen atoms in total. The molecule has 0 aliphatic rings. The van der Waals surface area contributed by atoms with Crippen molar-refractivity contribution in [2.75, 3.05) is 17.7 Å². The zero-order chi connectivity index (χ0) is 18.5. The number of nitrogens with one attached hydrogen (secondary N) is 2. The number of benzene rings is 2. The minimum absolute atomic E-state index is 0.232. The molecule has 0 fully saturated rings. The first-order chi connectivity index (χ1) is 12.6. The Morgan fingerprint density at radius 3 is 2.46 bits per heavy atom. The molecule has 3 aromatic rings. The number of hydrogen-bond acceptors (Lipinski definition) is 5. The summed E-state index contributed by atoms with van der Waals surface area (Å²) in [6.45, 7) is 3.68. The van der Waals surface area contributed by atoms with E-state index >= 15 is 0 Å². The van der Waals surface area contributed by atoms with Gasteiger partial charge in [-0.15, -0.1) is 0 Å². The first-order valence-electron chi connectivity index (χ1n) is 8.39. The van der Waals surface area contributed by atoms with Crippen molar-refractivity contribution < 1.29 is 14.1 Å². The molecule has 0 saturated carbocycles. The van der Waals surface area contributed by atoms with Crippen LogP contribution in [0.5, 0.6) is 5.75 Å². The van der Waals surface area contributed by atoms with Crippen molar-refractivity contribution >= 4 is 23.0 Å². The van der Waals surface area contributed by atoms with E-state index in [0.717, 1.165) is 17.1 Å². The van der Waals surface area contributed by atoms with Gasteiger partial charge in [-0.05, 0) is 49.7 Å². The van der Waals surface area contributed by atoms with Gasteiger partial charge in [0.05, 0.1) is 24.2 Å². The lowest BCUT2D eigenvalue weighted by Crippen LogP contribution is -2.15. The van der Waals surface area contributed by atoms with E-state index in [1.54, 1.807) is 14.0 Å². The number of aromatic nitrogens is 1. The standard InChI is InChI=1S/C20H21N3O3/c1-4-16-19(13(2)26-23-16)20(24)22-18-8-6-5-7-17(18)21-14-9-11-15(25-3)12-10-14/h5-12,21H,4H2,1-3H3,(H,22,24). The predicted octanol–water partition coefficient (Wildman–Crippen LogP) is 4.55. The molecule has 3 rings (SSSR count). The average molecular weight is 351 g/mol. The van der Waals surface area contributed by atoms with Gasteiger partial charge in [0.15, 0.2) is 0 Å². The lowest BCUT2D eigenvalue weighted by molar-refractivity contribution is 0.102. The molecule has 26 heavy (non-hydrogen) atoms. The number of para-hydroxylation sites is 2. The van der Waals surface area contributed by atoms with Crippen LogP contribution in [0.3, 0.4) is 0 Å². The normalized spacial score (nSPS) is 10.4. The molecular formula is C20H21N3O3. The number of aryl methyl sites for hydroxylation is 2. The molecule has 0 spiro atoms. The van der Waals surface area contributed by atoms with E-state index in [2.05, 4.69) is 15.8 Å². The van der Waals surface area contributed by atoms with E-state index in [0.29, 0.717) is 29.1 Å². The van der Waals surface area contributed by atoms with Crippen LogP contribution in [0, 0.1) is 6.92 Å². The molecule has 0 bridgehead atoms. The number of anilines is 3. The SMILES string of the molecule is CCc1noc(C)c1C(=O)Nc1ccccc1Nc1ccc(OC)cc1. The van der Waals surface area contributed by atoms with Crippen LogP contribution in [0.25, 0.3) is 0 Å². The predicted molar refractivity (Wildman–Crippen MR) is 101 cm³/mol. The zero-order valence-corrected chi connectivity index (χ0v) is 15.0. The Hall–Kier alpha value is -3.28. The van der Waals surface area contributed by atoms with E-state index < -0.39 is 0 Å². The number of hydrogen-bond donors (Lipinski definition) is 2. The molecule has 0 radical (unpaired) electrons. The molecule has 1 amide bonds. The highest BCUT2D eigenvalue weighted by atomic mass is 16.5. The maximum Gasteiger partial charge on any atom is 0.261 e. The Bertz CT molecular complexity index is 901. The Morgan fingerprint density at radius 2 is 1.81 bits per heavy atom. The summed E-state index contributed by atoms with van der Waals surface area (Å²) in [5.41, 5.74) is 3.50. The first kappa shape index (κ1) is 17.5. The van der Waals surface area contributed by atoms with E-state index in [1.165, 1.54) is 0 Å². The number of carbonyl (C=O) groups is 1. The molecule has 0 saturated heterocycles. The van der Waals surface area contributed by atoms with Gasteiger partial charge in [0.1, 0.15) is 17.1 Å². The summed E-state index contributed by atoms with van der Waals surface area (Å²) in [4.78, 5) is 12.7. The van der Waals surface area contributed by atoms with Gasteiger partial charge in [-0.3, -0.25) is 4.79 Å². The van der Waals surface area contributed by atoms with Crippen LogP contribution in [-0.4, -0.2) is 18.2 Å². The summed E-state index contributed by atoms with van der Waals surface area (Å²) in [5.74, 6) is 1.07. The molecule has 1 aromatic heterocycles. The molecule has 134 valence electrons. The summed E-state index contributed by atoms with van der Waals surface area (Å²) in [6, 6.07) is 15.1. The molecule has 2 aromatic carbocycles. The van der Waals surface area contributed by atoms with Crippen molar-refractivity contribution in [2.24, 2.45) is 0 Å². The fourth-order valence-electron chi connectivity index (χ4n) is 2.67. The van der Waals surface area contributed by atoms with E-state index in [-0.39, 0.29) is 5.91 Å². The molecular weight excluding hydrogens is 330 g/mol. The van der Waals surface area contributed by atoms with Gasteiger partial charge in [-0.2, -0.15) is 0 Å². The van der Waals surface area contributed by atoms with Gasteiger partial charge in [0.2, 0.25) is 0 Å². The van der Waals surface area contributed by atoms with Gasteiger partial charge < -0.3 is 19.9 Å². The number of nitrogens with zero attached hydrogens (tertiary/aromatic N) is 1. The third kappa shape index (κ3) is 3.69. The Morgan fingerprint density at radius 1 is 1.12 bits per heavy atom. The van der Waals surface area contributed by atoms with E-state index in [4.69, 9.17) is 9.26 Å². The molecule has 0 atom stereocenters. The van der Waals surface area contributed by atoms with Gasteiger partial charge in [0.25, 0.3) is 5.91 Å². The van der Waals surface area contributed by atoms with Gasteiger partial charge in [0, 0.05) is 5.69 Å². The summed E-state index contributed by atoms with van der Waals surface area (Å²) in [6.07, 6.45) is 0.631. The minimum atomic E-state index is -0.232. The summed E-state index contributed by atoms with van der Waals surface area (Å²) in [7, 11) is 1.63. The Labute approximate surface area is 152 Å². The third-order valence-electron chi connectivity index (χ3n) is 4.04. The van der Waals surface area contributed by atoms with Crippen molar-refractivity contribution in [3.8, 4) is 5.75 Å². The largest absolute Gasteiger partial charge is 0.497 e. The lowest BCUT2D eigenvalue weighted by atomic mass is 10.1. The topological polar surface area (TPSA) is 76.4 Å². The number of amides is 1. The molecule has 2 N–H and O–H groups in total. The van der Waals surface area contributed by atoms with Crippen LogP contribution >= 0.6 is 0 Å². The highest BCUT2D eigenvalue weighted by Gasteiger charge is 2.20. The quantitative estimate of drug-likeness (QED) is 0.681. The van der Waals surface area contributed by atoms with Crippen molar-refractivity contribution in [3.05, 3.63) is 65.5 Å². The Balaban J connectivity index is 1.82. The second-order valence-corrected chi connectivity index (χ2v) is 5.77. The van der Waals surface area contributed by atoms with E-state index in [1.807, 2.05) is 55.5 Å². The van der Waals surface area contributed by atoms with Crippen LogP contribution in [0.1, 0.15) is 28.7 Å². The van der Waals surface area contributed by atoms with Crippen molar-refractivity contribution in [1.29, 1.82) is 0 Å². The second kappa shape index (κ2) is 7.74. The van der Waals surface area contributed by atoms with Crippen molar-refractivity contribution in [2.45, 2.75) is 20.3 Å². The van der Waals surface area contributed by atoms with Gasteiger partial charge >= 0.3 is 0 Å². The van der Waals surface area contributed by atoms with E-state index in [9.17, 15) is 4.79 Å². The summed E-state index contributed by atoms with van der Waals surface area (Å²) >= 11 is 0. The zero-order valence-electron chi connectivity index (χ0n) is 15.0. The second-order valence-electron chi connectivity index (χ2n) is 5.77. The fourth-order valence-corrected chi connectivity index (χ4v) is 2.67. The molecule has 6 heteroatoms. The molecule has 0 aliphatic heterocycles. The maximum atomic E-state index is 12.7. The van der Waals surface area contributed by atoms with Crippen LogP contribution in [0.15, 0.2) is 53.1 Å². The first-order valence-corrected chi connectivity index (χ1v) is 8.39. The third-order valence-corrected chi connectivity index (χ3v) is 4.04. The van der Waals surface area contributed by atoms with Crippen LogP contribution < -0.4 is 15.4 Å². The summed E-state index contributed by atoms with van der Waals surface area (Å²) in [5, 5.41) is 10.2. The maximum absolute atomic E-state index is 12.7. The molecule has 0 unspecified atom stereocenters. The number of ether oxygens (including phenoxy) is 1. The smallest absolute Gasteiger partial charge is 0.261 e. The summed E-state index contributed by atoms with van der Waals surface area (Å²) < 4.78 is 10.3. The lowest BCUT2D eigenvalue weighted by Gasteiger charge is -2.13. The van der Waals surface area contributed by atoms with Crippen LogP contribution in [-0.2, 0) is 6.42 Å². The monoisotopic (exact) mass is 351 g/mol. The minimum Gasteiger partial charge on any atom is -0.497 e. The Kier molecular flexibility index (Phi) is 5.22. The van der Waals surface area contributed by atoms with Crippen molar-refractivity contribution in [1.82, 2.24) is 5.16 Å². The average Bonchev–Trinajstić information content (AvgIpc) is 3.04. The fraction of sp³-hybridized carbons (Fsp3) is 0.200. The highest BCUT2D eigenvalue weighted by molar-refractivity contribution is 6.07. The number of rotatable bonds is 6. The van der Waals surface area contributed by atoms with Gasteiger partial charge in [-0.25, -0.2) is 0 Å². The van der Waals surface area contributed by atoms with Gasteiger partial charge in [-0.1, -0.05) is 24.2 Å². The highest BCUT2D eigenvalue weighted by Crippen LogP contribution is 2.27. The molecule has 0 aliphatic carbocycles. The number of methoxy groups -OCH3 is 1. The molecule has 1 heterocycles. The van der Waals surface area contributed by atoms with Crippen LogP contribution in [0.4, 0.5) is 17.1 Å². The van der Waals surface area contributed by atoms with Crippen molar-refractivity contribution in [3.63, 3.8) is 0 Å². The number of carbonyl (C=O) groups excluding carboxylic acids is 1. The van der Waals surface area contributed by atoms with Crippen LogP contribution in [0.2, 0.25) is 0 Å².